The van der Waals surface area contributed by atoms with Gasteiger partial charge >= 0.3 is 6.18 Å². The standard InChI is InChI=1S/C17H13Cl2F3N6/c1-8-10(18)3-2-4-12(8)27-15-13(23)16(26-7-25-15)28-14-11(19)5-9(6-24-14)17(20,21)22/h2-7H,23H2,1H3,(H2,24,25,26,27,28). The first-order valence-corrected chi connectivity index (χ1v) is 8.54. The van der Waals surface area contributed by atoms with Crippen LogP contribution in [0.4, 0.5) is 42.0 Å². The van der Waals surface area contributed by atoms with Crippen LogP contribution in [0.3, 0.4) is 0 Å². The summed E-state index contributed by atoms with van der Waals surface area (Å²) in [6.45, 7) is 1.83. The number of nitrogen functional groups attached to an aromatic ring is 1. The second-order valence-corrected chi connectivity index (χ2v) is 6.51. The molecule has 0 aliphatic rings. The molecule has 11 heteroatoms. The van der Waals surface area contributed by atoms with Gasteiger partial charge in [-0.25, -0.2) is 15.0 Å². The summed E-state index contributed by atoms with van der Waals surface area (Å²) in [5.74, 6) is 0.391. The van der Waals surface area contributed by atoms with Crippen LogP contribution in [0.15, 0.2) is 36.8 Å². The first kappa shape index (κ1) is 20.0. The predicted molar refractivity (Wildman–Crippen MR) is 103 cm³/mol. The number of hydrogen-bond donors (Lipinski definition) is 3. The third-order valence-electron chi connectivity index (χ3n) is 3.81. The Labute approximate surface area is 167 Å². The van der Waals surface area contributed by atoms with E-state index in [1.165, 1.54) is 6.33 Å². The molecule has 1 aromatic carbocycles. The molecular formula is C17H13Cl2F3N6. The van der Waals surface area contributed by atoms with Crippen molar-refractivity contribution in [3.8, 4) is 0 Å². The number of pyridine rings is 1. The van der Waals surface area contributed by atoms with E-state index in [-0.39, 0.29) is 28.2 Å². The molecule has 0 fully saturated rings. The minimum atomic E-state index is -4.55. The fraction of sp³-hybridized carbons (Fsp3) is 0.118. The Bertz CT molecular complexity index is 1030. The molecule has 0 spiro atoms. The zero-order valence-electron chi connectivity index (χ0n) is 14.3. The lowest BCUT2D eigenvalue weighted by Crippen LogP contribution is -2.08. The number of hydrogen-bond acceptors (Lipinski definition) is 6. The van der Waals surface area contributed by atoms with Gasteiger partial charge in [0.25, 0.3) is 0 Å². The molecule has 0 amide bonds. The number of anilines is 5. The summed E-state index contributed by atoms with van der Waals surface area (Å²) in [5, 5.41) is 6.10. The number of nitrogens with zero attached hydrogens (tertiary/aromatic N) is 3. The summed E-state index contributed by atoms with van der Waals surface area (Å²) >= 11 is 12.0. The number of halogens is 5. The molecule has 0 unspecified atom stereocenters. The third-order valence-corrected chi connectivity index (χ3v) is 4.51. The lowest BCUT2D eigenvalue weighted by atomic mass is 10.2. The number of benzene rings is 1. The lowest BCUT2D eigenvalue weighted by molar-refractivity contribution is -0.137. The quantitative estimate of drug-likeness (QED) is 0.502. The Morgan fingerprint density at radius 2 is 1.64 bits per heavy atom. The van der Waals surface area contributed by atoms with Crippen LogP contribution in [0, 0.1) is 6.92 Å². The van der Waals surface area contributed by atoms with Crippen LogP contribution in [0.2, 0.25) is 10.0 Å². The summed E-state index contributed by atoms with van der Waals surface area (Å²) in [6, 6.07) is 6.07. The van der Waals surface area contributed by atoms with E-state index in [1.54, 1.807) is 18.2 Å². The number of aromatic nitrogens is 3. The molecule has 0 aliphatic heterocycles. The Morgan fingerprint density at radius 3 is 2.29 bits per heavy atom. The molecule has 3 aromatic rings. The van der Waals surface area contributed by atoms with E-state index in [0.29, 0.717) is 16.9 Å². The fourth-order valence-electron chi connectivity index (χ4n) is 2.26. The molecule has 4 N–H and O–H groups in total. The molecule has 0 radical (unpaired) electrons. The zero-order chi connectivity index (χ0) is 20.5. The van der Waals surface area contributed by atoms with Gasteiger partial charge in [0.2, 0.25) is 0 Å². The molecule has 0 bridgehead atoms. The molecule has 146 valence electrons. The maximum absolute atomic E-state index is 12.7. The highest BCUT2D eigenvalue weighted by atomic mass is 35.5. The van der Waals surface area contributed by atoms with Gasteiger partial charge in [0, 0.05) is 16.9 Å². The van der Waals surface area contributed by atoms with Gasteiger partial charge in [-0.3, -0.25) is 0 Å². The maximum Gasteiger partial charge on any atom is 0.417 e. The van der Waals surface area contributed by atoms with Gasteiger partial charge in [0.1, 0.15) is 17.8 Å². The molecule has 3 rings (SSSR count). The van der Waals surface area contributed by atoms with E-state index in [2.05, 4.69) is 25.6 Å². The summed E-state index contributed by atoms with van der Waals surface area (Å²) < 4.78 is 38.2. The summed E-state index contributed by atoms with van der Waals surface area (Å²) in [5.41, 5.74) is 6.73. The van der Waals surface area contributed by atoms with E-state index >= 15 is 0 Å². The average molecular weight is 429 g/mol. The first-order chi connectivity index (χ1) is 13.2. The molecule has 6 nitrogen and oxygen atoms in total. The van der Waals surface area contributed by atoms with Crippen LogP contribution >= 0.6 is 23.2 Å². The molecule has 0 atom stereocenters. The normalized spacial score (nSPS) is 11.4. The van der Waals surface area contributed by atoms with Crippen LogP contribution in [0.5, 0.6) is 0 Å². The minimum Gasteiger partial charge on any atom is -0.393 e. The van der Waals surface area contributed by atoms with E-state index in [0.717, 1.165) is 11.6 Å². The Kier molecular flexibility index (Phi) is 5.48. The Hall–Kier alpha value is -2.78. The van der Waals surface area contributed by atoms with Gasteiger partial charge in [0.05, 0.1) is 10.6 Å². The van der Waals surface area contributed by atoms with E-state index < -0.39 is 11.7 Å². The molecule has 2 aromatic heterocycles. The van der Waals surface area contributed by atoms with Gasteiger partial charge in [-0.1, -0.05) is 29.3 Å². The smallest absolute Gasteiger partial charge is 0.393 e. The van der Waals surface area contributed by atoms with Gasteiger partial charge in [-0.05, 0) is 30.7 Å². The first-order valence-electron chi connectivity index (χ1n) is 7.79. The molecular weight excluding hydrogens is 416 g/mol. The number of nitrogens with two attached hydrogens (primary N) is 1. The van der Waals surface area contributed by atoms with Gasteiger partial charge < -0.3 is 16.4 Å². The highest BCUT2D eigenvalue weighted by Gasteiger charge is 2.31. The Balaban J connectivity index is 1.89. The maximum atomic E-state index is 12.7. The van der Waals surface area contributed by atoms with Crippen molar-refractivity contribution in [2.24, 2.45) is 0 Å². The summed E-state index contributed by atoms with van der Waals surface area (Å²) in [6.07, 6.45) is -2.64. The highest BCUT2D eigenvalue weighted by Crippen LogP contribution is 2.35. The van der Waals surface area contributed by atoms with Crippen molar-refractivity contribution in [1.82, 2.24) is 15.0 Å². The van der Waals surface area contributed by atoms with Crippen molar-refractivity contribution in [3.63, 3.8) is 0 Å². The SMILES string of the molecule is Cc1c(Cl)cccc1Nc1ncnc(Nc2ncc(C(F)(F)F)cc2Cl)c1N. The van der Waals surface area contributed by atoms with E-state index in [4.69, 9.17) is 28.9 Å². The van der Waals surface area contributed by atoms with E-state index in [9.17, 15) is 13.2 Å². The molecule has 0 saturated heterocycles. The molecule has 0 saturated carbocycles. The van der Waals surface area contributed by atoms with Crippen molar-refractivity contribution >= 4 is 52.0 Å². The molecule has 2 heterocycles. The van der Waals surface area contributed by atoms with Gasteiger partial charge in [0.15, 0.2) is 11.6 Å². The average Bonchev–Trinajstić information content (AvgIpc) is 2.63. The van der Waals surface area contributed by atoms with Crippen molar-refractivity contribution < 1.29 is 13.2 Å². The summed E-state index contributed by atoms with van der Waals surface area (Å²) in [7, 11) is 0. The predicted octanol–water partition coefficient (Wildman–Crippen LogP) is 5.58. The molecule has 0 aliphatic carbocycles. The summed E-state index contributed by atoms with van der Waals surface area (Å²) in [4.78, 5) is 11.8. The van der Waals surface area contributed by atoms with Crippen molar-refractivity contribution in [3.05, 3.63) is 58.0 Å². The van der Waals surface area contributed by atoms with Crippen LogP contribution in [-0.4, -0.2) is 15.0 Å². The number of alkyl halides is 3. The number of rotatable bonds is 4. The van der Waals surface area contributed by atoms with Crippen LogP contribution in [0.1, 0.15) is 11.1 Å². The van der Waals surface area contributed by atoms with Crippen LogP contribution in [0.25, 0.3) is 0 Å². The highest BCUT2D eigenvalue weighted by molar-refractivity contribution is 6.33. The molecule has 28 heavy (non-hydrogen) atoms. The van der Waals surface area contributed by atoms with Crippen molar-refractivity contribution in [2.75, 3.05) is 16.4 Å². The second-order valence-electron chi connectivity index (χ2n) is 5.70. The van der Waals surface area contributed by atoms with Gasteiger partial charge in [-0.15, -0.1) is 0 Å². The Morgan fingerprint density at radius 1 is 0.964 bits per heavy atom. The third kappa shape index (κ3) is 4.20. The largest absolute Gasteiger partial charge is 0.417 e. The topological polar surface area (TPSA) is 88.8 Å². The van der Waals surface area contributed by atoms with Crippen molar-refractivity contribution in [1.29, 1.82) is 0 Å². The van der Waals surface area contributed by atoms with Crippen molar-refractivity contribution in [2.45, 2.75) is 13.1 Å². The van der Waals surface area contributed by atoms with Gasteiger partial charge in [-0.2, -0.15) is 13.2 Å². The fourth-order valence-corrected chi connectivity index (χ4v) is 2.65. The van der Waals surface area contributed by atoms with Crippen LogP contribution in [-0.2, 0) is 6.18 Å². The monoisotopic (exact) mass is 428 g/mol. The minimum absolute atomic E-state index is 0.0232. The zero-order valence-corrected chi connectivity index (χ0v) is 15.8. The number of nitrogens with one attached hydrogen (secondary N) is 2. The van der Waals surface area contributed by atoms with E-state index in [1.807, 2.05) is 6.92 Å². The van der Waals surface area contributed by atoms with Crippen LogP contribution < -0.4 is 16.4 Å². The second kappa shape index (κ2) is 7.69. The lowest BCUT2D eigenvalue weighted by Gasteiger charge is -2.15.